The largest absolute Gasteiger partial charge is 0.493 e. The maximum Gasteiger partial charge on any atom is 0.223 e. The number of nitrogens with two attached hydrogens (primary N) is 1. The van der Waals surface area contributed by atoms with Crippen LogP contribution < -0.4 is 20.5 Å². The fraction of sp³-hybridized carbons (Fsp3) is 0.639. The van der Waals surface area contributed by atoms with Gasteiger partial charge in [-0.15, -0.1) is 0 Å². The summed E-state index contributed by atoms with van der Waals surface area (Å²) in [5.41, 5.74) is 8.01. The molecule has 7 nitrogen and oxygen atoms in total. The van der Waals surface area contributed by atoms with Crippen LogP contribution in [-0.4, -0.2) is 57.1 Å². The van der Waals surface area contributed by atoms with Gasteiger partial charge in [-0.1, -0.05) is 65.8 Å². The summed E-state index contributed by atoms with van der Waals surface area (Å²) >= 11 is 0. The summed E-state index contributed by atoms with van der Waals surface area (Å²) in [6.45, 7) is 13.9. The van der Waals surface area contributed by atoms with Crippen LogP contribution in [0.5, 0.6) is 11.5 Å². The van der Waals surface area contributed by atoms with Crippen molar-refractivity contribution < 1.29 is 28.5 Å². The lowest BCUT2D eigenvalue weighted by Gasteiger charge is -2.31. The third-order valence-electron chi connectivity index (χ3n) is 8.49. The first-order valence-electron chi connectivity index (χ1n) is 16.0. The molecule has 0 fully saturated rings. The molecule has 4 N–H and O–H groups in total. The molecule has 0 radical (unpaired) electrons. The highest BCUT2D eigenvalue weighted by Crippen LogP contribution is 2.32. The number of halogens is 1. The zero-order valence-electron chi connectivity index (χ0n) is 28.2. The lowest BCUT2D eigenvalue weighted by Crippen LogP contribution is -2.44. The van der Waals surface area contributed by atoms with Crippen molar-refractivity contribution in [3.8, 4) is 11.5 Å². The van der Waals surface area contributed by atoms with Gasteiger partial charge in [0.25, 0.3) is 0 Å². The van der Waals surface area contributed by atoms with Crippen LogP contribution in [0.3, 0.4) is 0 Å². The first-order chi connectivity index (χ1) is 20.8. The number of aliphatic hydroxyl groups is 1. The Morgan fingerprint density at radius 1 is 1.00 bits per heavy atom. The van der Waals surface area contributed by atoms with E-state index >= 15 is 0 Å². The SMILES string of the molecule is COCCCOc1cc(C[C@@H](C[C@H](N)[C@@H](O)C[C@H](C(=O)NCC(C)(C)Cc2ccccc2F)C(C)C)C(C)C)ccc1OC. The second kappa shape index (κ2) is 18.3. The van der Waals surface area contributed by atoms with Crippen LogP contribution in [0.4, 0.5) is 4.39 Å². The Labute approximate surface area is 265 Å². The van der Waals surface area contributed by atoms with Crippen molar-refractivity contribution in [3.63, 3.8) is 0 Å². The van der Waals surface area contributed by atoms with Gasteiger partial charge in [0.05, 0.1) is 19.8 Å². The Bertz CT molecular complexity index is 1140. The number of nitrogens with one attached hydrogen (secondary N) is 1. The van der Waals surface area contributed by atoms with Crippen molar-refractivity contribution in [2.75, 3.05) is 34.0 Å². The highest BCUT2D eigenvalue weighted by molar-refractivity contribution is 5.79. The van der Waals surface area contributed by atoms with Crippen LogP contribution in [0.15, 0.2) is 42.5 Å². The second-order valence-corrected chi connectivity index (χ2v) is 13.6. The Hall–Kier alpha value is -2.68. The molecular weight excluding hydrogens is 559 g/mol. The molecule has 2 aromatic carbocycles. The van der Waals surface area contributed by atoms with Crippen molar-refractivity contribution in [1.29, 1.82) is 0 Å². The Balaban J connectivity index is 2.01. The summed E-state index contributed by atoms with van der Waals surface area (Å²) in [7, 11) is 3.30. The van der Waals surface area contributed by atoms with Crippen molar-refractivity contribution >= 4 is 5.91 Å². The monoisotopic (exact) mass is 616 g/mol. The van der Waals surface area contributed by atoms with Gasteiger partial charge in [-0.25, -0.2) is 4.39 Å². The number of hydrogen-bond donors (Lipinski definition) is 3. The van der Waals surface area contributed by atoms with E-state index in [1.807, 2.05) is 52.0 Å². The third-order valence-corrected chi connectivity index (χ3v) is 8.49. The number of aliphatic hydroxyl groups excluding tert-OH is 1. The molecule has 2 aromatic rings. The quantitative estimate of drug-likeness (QED) is 0.153. The summed E-state index contributed by atoms with van der Waals surface area (Å²) in [6, 6.07) is 12.3. The molecule has 44 heavy (non-hydrogen) atoms. The van der Waals surface area contributed by atoms with Crippen LogP contribution in [0.2, 0.25) is 0 Å². The van der Waals surface area contributed by atoms with E-state index in [0.717, 1.165) is 18.4 Å². The number of benzene rings is 2. The number of ether oxygens (including phenoxy) is 3. The molecule has 0 unspecified atom stereocenters. The lowest BCUT2D eigenvalue weighted by molar-refractivity contribution is -0.128. The van der Waals surface area contributed by atoms with Gasteiger partial charge in [0.15, 0.2) is 11.5 Å². The molecule has 0 heterocycles. The topological polar surface area (TPSA) is 103 Å². The van der Waals surface area contributed by atoms with Gasteiger partial charge in [0, 0.05) is 38.6 Å². The smallest absolute Gasteiger partial charge is 0.223 e. The van der Waals surface area contributed by atoms with Crippen molar-refractivity contribution in [2.45, 2.75) is 85.8 Å². The Morgan fingerprint density at radius 3 is 2.32 bits per heavy atom. The van der Waals surface area contributed by atoms with E-state index in [1.54, 1.807) is 26.4 Å². The van der Waals surface area contributed by atoms with E-state index in [1.165, 1.54) is 6.07 Å². The van der Waals surface area contributed by atoms with E-state index in [2.05, 4.69) is 19.2 Å². The standard InChI is InChI=1S/C36H57FN2O5/c1-24(2)28(18-26-14-15-33(43-8)34(19-26)44-17-11-16-42-7)20-31(38)32(40)21-29(25(3)4)35(41)39-23-36(5,6)22-27-12-9-10-13-30(27)37/h9-10,12-15,19,24-25,28-29,31-32,40H,11,16-18,20-23,38H2,1-8H3,(H,39,41)/t28-,29-,31-,32-/m0/s1. The Morgan fingerprint density at radius 2 is 1.70 bits per heavy atom. The minimum Gasteiger partial charge on any atom is -0.493 e. The molecule has 2 rings (SSSR count). The van der Waals surface area contributed by atoms with Crippen LogP contribution >= 0.6 is 0 Å². The first kappa shape index (κ1) is 37.5. The minimum absolute atomic E-state index is 0.0223. The van der Waals surface area contributed by atoms with E-state index in [4.69, 9.17) is 19.9 Å². The summed E-state index contributed by atoms with van der Waals surface area (Å²) in [5, 5.41) is 14.3. The average Bonchev–Trinajstić information content (AvgIpc) is 2.97. The molecule has 0 bridgehead atoms. The van der Waals surface area contributed by atoms with Gasteiger partial charge in [0.2, 0.25) is 5.91 Å². The van der Waals surface area contributed by atoms with Gasteiger partial charge in [0.1, 0.15) is 5.82 Å². The zero-order valence-corrected chi connectivity index (χ0v) is 28.2. The number of hydrogen-bond acceptors (Lipinski definition) is 6. The molecule has 0 saturated carbocycles. The van der Waals surface area contributed by atoms with Gasteiger partial charge in [-0.05, 0) is 78.2 Å². The maximum absolute atomic E-state index is 14.2. The van der Waals surface area contributed by atoms with E-state index in [9.17, 15) is 14.3 Å². The molecule has 4 atom stereocenters. The first-order valence-corrected chi connectivity index (χ1v) is 16.0. The lowest BCUT2D eigenvalue weighted by atomic mass is 9.80. The zero-order chi connectivity index (χ0) is 32.9. The number of carbonyl (C=O) groups excluding carboxylic acids is 1. The summed E-state index contributed by atoms with van der Waals surface area (Å²) < 4.78 is 30.8. The minimum atomic E-state index is -0.823. The van der Waals surface area contributed by atoms with Crippen LogP contribution in [-0.2, 0) is 22.4 Å². The summed E-state index contributed by atoms with van der Waals surface area (Å²) in [6.07, 6.45) is 2.15. The fourth-order valence-corrected chi connectivity index (χ4v) is 5.54. The van der Waals surface area contributed by atoms with E-state index in [-0.39, 0.29) is 35.4 Å². The molecule has 0 aromatic heterocycles. The predicted molar refractivity (Wildman–Crippen MR) is 175 cm³/mol. The molecule has 248 valence electrons. The normalized spacial score (nSPS) is 14.8. The molecule has 0 spiro atoms. The van der Waals surface area contributed by atoms with Crippen molar-refractivity contribution in [1.82, 2.24) is 5.32 Å². The molecule has 0 aliphatic carbocycles. The number of carbonyl (C=O) groups is 1. The summed E-state index contributed by atoms with van der Waals surface area (Å²) in [5.74, 6) is 1.24. The predicted octanol–water partition coefficient (Wildman–Crippen LogP) is 6.19. The van der Waals surface area contributed by atoms with Crippen LogP contribution in [0.25, 0.3) is 0 Å². The average molecular weight is 617 g/mol. The molecule has 0 aliphatic heterocycles. The summed E-state index contributed by atoms with van der Waals surface area (Å²) in [4.78, 5) is 13.3. The number of amides is 1. The molecule has 0 aliphatic rings. The van der Waals surface area contributed by atoms with Gasteiger partial charge < -0.3 is 30.4 Å². The van der Waals surface area contributed by atoms with Gasteiger partial charge >= 0.3 is 0 Å². The molecule has 8 heteroatoms. The van der Waals surface area contributed by atoms with E-state index < -0.39 is 18.1 Å². The number of methoxy groups -OCH3 is 2. The Kier molecular flexibility index (Phi) is 15.6. The highest BCUT2D eigenvalue weighted by atomic mass is 19.1. The van der Waals surface area contributed by atoms with Gasteiger partial charge in [-0.3, -0.25) is 4.79 Å². The molecule has 0 saturated heterocycles. The van der Waals surface area contributed by atoms with E-state index in [0.29, 0.717) is 55.6 Å². The third kappa shape index (κ3) is 12.4. The fourth-order valence-electron chi connectivity index (χ4n) is 5.54. The van der Waals surface area contributed by atoms with Crippen LogP contribution in [0.1, 0.15) is 71.9 Å². The highest BCUT2D eigenvalue weighted by Gasteiger charge is 2.31. The molecular formula is C36H57FN2O5. The van der Waals surface area contributed by atoms with Crippen LogP contribution in [0, 0.1) is 34.9 Å². The van der Waals surface area contributed by atoms with Crippen molar-refractivity contribution in [2.24, 2.45) is 34.8 Å². The second-order valence-electron chi connectivity index (χ2n) is 13.6. The van der Waals surface area contributed by atoms with Crippen molar-refractivity contribution in [3.05, 3.63) is 59.4 Å². The number of rotatable bonds is 20. The van der Waals surface area contributed by atoms with Gasteiger partial charge in [-0.2, -0.15) is 0 Å². The maximum atomic E-state index is 14.2. The molecule has 1 amide bonds.